The van der Waals surface area contributed by atoms with Crippen molar-refractivity contribution >= 4 is 0 Å². The number of nitrogens with zero attached hydrogens (tertiary/aromatic N) is 3. The van der Waals surface area contributed by atoms with E-state index >= 15 is 0 Å². The Hall–Kier alpha value is -2.19. The molecule has 86 valence electrons. The lowest BCUT2D eigenvalue weighted by Crippen LogP contribution is -2.09. The van der Waals surface area contributed by atoms with Gasteiger partial charge in [0.2, 0.25) is 5.89 Å². The number of nitrogens with two attached hydrogens (primary N) is 1. The first-order valence-corrected chi connectivity index (χ1v) is 5.20. The molecule has 0 saturated heterocycles. The predicted molar refractivity (Wildman–Crippen MR) is 61.7 cm³/mol. The molecule has 17 heavy (non-hydrogen) atoms. The van der Waals surface area contributed by atoms with Gasteiger partial charge in [0.15, 0.2) is 5.82 Å². The summed E-state index contributed by atoms with van der Waals surface area (Å²) >= 11 is 0. The van der Waals surface area contributed by atoms with Crippen LogP contribution in [0.5, 0.6) is 0 Å². The van der Waals surface area contributed by atoms with Gasteiger partial charge in [0.05, 0.1) is 6.04 Å². The maximum atomic E-state index is 5.76. The highest BCUT2D eigenvalue weighted by molar-refractivity contribution is 5.14. The number of rotatable bonds is 4. The fraction of sp³-hybridized carbons (Fsp3) is 0.250. The zero-order valence-electron chi connectivity index (χ0n) is 9.21. The van der Waals surface area contributed by atoms with Gasteiger partial charge >= 0.3 is 0 Å². The highest BCUT2D eigenvalue weighted by Gasteiger charge is 2.13. The molecule has 0 aliphatic rings. The molecule has 2 aromatic rings. The van der Waals surface area contributed by atoms with Gasteiger partial charge in [0.1, 0.15) is 0 Å². The minimum atomic E-state index is -0.393. The molecular formula is C12H12N4O. The molecule has 0 amide bonds. The van der Waals surface area contributed by atoms with E-state index in [0.29, 0.717) is 24.6 Å². The van der Waals surface area contributed by atoms with Crippen molar-refractivity contribution in [2.45, 2.75) is 18.9 Å². The molecule has 2 heterocycles. The van der Waals surface area contributed by atoms with E-state index in [2.05, 4.69) is 21.0 Å². The number of hydrogen-bond donors (Lipinski definition) is 1. The first-order chi connectivity index (χ1) is 8.29. The van der Waals surface area contributed by atoms with Crippen molar-refractivity contribution in [1.29, 1.82) is 0 Å². The smallest absolute Gasteiger partial charge is 0.244 e. The van der Waals surface area contributed by atoms with Crippen LogP contribution in [-0.4, -0.2) is 15.1 Å². The SMILES string of the molecule is C#CCC(N)c1nc(Cc2cccnc2)no1. The van der Waals surface area contributed by atoms with Crippen LogP contribution in [0.1, 0.15) is 29.7 Å². The van der Waals surface area contributed by atoms with E-state index in [1.807, 2.05) is 12.1 Å². The number of terminal acetylenes is 1. The Bertz CT molecular complexity index is 515. The Balaban J connectivity index is 2.07. The lowest BCUT2D eigenvalue weighted by Gasteiger charge is -1.98. The van der Waals surface area contributed by atoms with Gasteiger partial charge in [-0.05, 0) is 11.6 Å². The van der Waals surface area contributed by atoms with Gasteiger partial charge in [0, 0.05) is 25.2 Å². The molecule has 0 radical (unpaired) electrons. The van der Waals surface area contributed by atoms with E-state index in [-0.39, 0.29) is 0 Å². The lowest BCUT2D eigenvalue weighted by molar-refractivity contribution is 0.353. The third kappa shape index (κ3) is 2.89. The van der Waals surface area contributed by atoms with Crippen molar-refractivity contribution in [3.8, 4) is 12.3 Å². The molecule has 0 aromatic carbocycles. The van der Waals surface area contributed by atoms with Crippen molar-refractivity contribution in [1.82, 2.24) is 15.1 Å². The fourth-order valence-corrected chi connectivity index (χ4v) is 1.39. The third-order valence-corrected chi connectivity index (χ3v) is 2.22. The molecule has 2 N–H and O–H groups in total. The summed E-state index contributed by atoms with van der Waals surface area (Å²) in [6, 6.07) is 3.42. The third-order valence-electron chi connectivity index (χ3n) is 2.22. The van der Waals surface area contributed by atoms with Crippen LogP contribution in [-0.2, 0) is 6.42 Å². The predicted octanol–water partition coefficient (Wildman–Crippen LogP) is 1.08. The van der Waals surface area contributed by atoms with Crippen LogP contribution in [0.15, 0.2) is 29.0 Å². The van der Waals surface area contributed by atoms with Crippen LogP contribution in [0.25, 0.3) is 0 Å². The lowest BCUT2D eigenvalue weighted by atomic mass is 10.2. The van der Waals surface area contributed by atoms with Crippen molar-refractivity contribution in [3.63, 3.8) is 0 Å². The fourth-order valence-electron chi connectivity index (χ4n) is 1.39. The molecule has 0 fully saturated rings. The Morgan fingerprint density at radius 2 is 2.41 bits per heavy atom. The Labute approximate surface area is 99.1 Å². The maximum absolute atomic E-state index is 5.76. The number of hydrogen-bond acceptors (Lipinski definition) is 5. The monoisotopic (exact) mass is 228 g/mol. The molecule has 5 nitrogen and oxygen atoms in total. The van der Waals surface area contributed by atoms with Gasteiger partial charge in [-0.25, -0.2) is 0 Å². The standard InChI is InChI=1S/C12H12N4O/c1-2-4-10(13)12-15-11(16-17-12)7-9-5-3-6-14-8-9/h1,3,5-6,8,10H,4,7,13H2. The van der Waals surface area contributed by atoms with E-state index in [1.165, 1.54) is 0 Å². The normalized spacial score (nSPS) is 12.0. The molecule has 1 unspecified atom stereocenters. The van der Waals surface area contributed by atoms with Gasteiger partial charge in [-0.3, -0.25) is 4.98 Å². The van der Waals surface area contributed by atoms with Crippen LogP contribution < -0.4 is 5.73 Å². The zero-order valence-corrected chi connectivity index (χ0v) is 9.21. The molecule has 0 spiro atoms. The highest BCUT2D eigenvalue weighted by Crippen LogP contribution is 2.12. The highest BCUT2D eigenvalue weighted by atomic mass is 16.5. The molecular weight excluding hydrogens is 216 g/mol. The topological polar surface area (TPSA) is 77.8 Å². The number of pyridine rings is 1. The maximum Gasteiger partial charge on any atom is 0.244 e. The van der Waals surface area contributed by atoms with E-state index < -0.39 is 6.04 Å². The molecule has 2 rings (SSSR count). The molecule has 0 aliphatic carbocycles. The van der Waals surface area contributed by atoms with Crippen LogP contribution in [0.4, 0.5) is 0 Å². The summed E-state index contributed by atoms with van der Waals surface area (Å²) in [5, 5.41) is 3.85. The molecule has 0 bridgehead atoms. The van der Waals surface area contributed by atoms with Crippen molar-refractivity contribution in [2.24, 2.45) is 5.73 Å². The number of aromatic nitrogens is 3. The Kier molecular flexibility index (Phi) is 3.48. The van der Waals surface area contributed by atoms with Gasteiger partial charge in [-0.15, -0.1) is 12.3 Å². The second-order valence-electron chi connectivity index (χ2n) is 3.60. The average molecular weight is 228 g/mol. The summed E-state index contributed by atoms with van der Waals surface area (Å²) in [6.45, 7) is 0. The molecule has 5 heteroatoms. The zero-order chi connectivity index (χ0) is 12.1. The second kappa shape index (κ2) is 5.23. The largest absolute Gasteiger partial charge is 0.338 e. The molecule has 0 aliphatic heterocycles. The first kappa shape index (κ1) is 11.3. The van der Waals surface area contributed by atoms with E-state index in [1.54, 1.807) is 12.4 Å². The summed E-state index contributed by atoms with van der Waals surface area (Å²) in [5.41, 5.74) is 6.78. The minimum Gasteiger partial charge on any atom is -0.338 e. The summed E-state index contributed by atoms with van der Waals surface area (Å²) in [7, 11) is 0. The summed E-state index contributed by atoms with van der Waals surface area (Å²) in [6.07, 6.45) is 9.60. The Morgan fingerprint density at radius 3 is 3.12 bits per heavy atom. The quantitative estimate of drug-likeness (QED) is 0.792. The van der Waals surface area contributed by atoms with Gasteiger partial charge in [-0.2, -0.15) is 4.98 Å². The van der Waals surface area contributed by atoms with Crippen molar-refractivity contribution < 1.29 is 4.52 Å². The summed E-state index contributed by atoms with van der Waals surface area (Å²) in [4.78, 5) is 8.21. The van der Waals surface area contributed by atoms with Crippen LogP contribution in [0.3, 0.4) is 0 Å². The van der Waals surface area contributed by atoms with E-state index in [0.717, 1.165) is 5.56 Å². The molecule has 2 aromatic heterocycles. The van der Waals surface area contributed by atoms with Gasteiger partial charge in [-0.1, -0.05) is 11.2 Å². The van der Waals surface area contributed by atoms with Crippen LogP contribution >= 0.6 is 0 Å². The summed E-state index contributed by atoms with van der Waals surface area (Å²) in [5.74, 6) is 3.42. The van der Waals surface area contributed by atoms with Crippen molar-refractivity contribution in [2.75, 3.05) is 0 Å². The van der Waals surface area contributed by atoms with E-state index in [9.17, 15) is 0 Å². The average Bonchev–Trinajstić information content (AvgIpc) is 2.79. The van der Waals surface area contributed by atoms with Gasteiger partial charge in [0.25, 0.3) is 0 Å². The molecule has 1 atom stereocenters. The van der Waals surface area contributed by atoms with Crippen molar-refractivity contribution in [3.05, 3.63) is 41.8 Å². The van der Waals surface area contributed by atoms with E-state index in [4.69, 9.17) is 16.7 Å². The first-order valence-electron chi connectivity index (χ1n) is 5.20. The Morgan fingerprint density at radius 1 is 1.53 bits per heavy atom. The van der Waals surface area contributed by atoms with Gasteiger partial charge < -0.3 is 10.3 Å². The second-order valence-corrected chi connectivity index (χ2v) is 3.60. The summed E-state index contributed by atoms with van der Waals surface area (Å²) < 4.78 is 5.05. The van der Waals surface area contributed by atoms with Crippen LogP contribution in [0.2, 0.25) is 0 Å². The minimum absolute atomic E-state index is 0.377. The molecule has 0 saturated carbocycles. The van der Waals surface area contributed by atoms with Crippen LogP contribution in [0, 0.1) is 12.3 Å².